The van der Waals surface area contributed by atoms with Crippen LogP contribution in [0.15, 0.2) is 42.1 Å². The third kappa shape index (κ3) is 3.92. The lowest BCUT2D eigenvalue weighted by atomic mass is 10.0. The van der Waals surface area contributed by atoms with Crippen LogP contribution in [-0.4, -0.2) is 51.4 Å². The number of nitrogens with zero attached hydrogens (tertiary/aromatic N) is 4. The van der Waals surface area contributed by atoms with E-state index in [1.165, 1.54) is 6.08 Å². The van der Waals surface area contributed by atoms with Gasteiger partial charge >= 0.3 is 0 Å². The number of hydrogen-bond donors (Lipinski definition) is 1. The molecular weight excluding hydrogens is 342 g/mol. The van der Waals surface area contributed by atoms with Gasteiger partial charge in [-0.2, -0.15) is 0 Å². The number of aryl methyl sites for hydroxylation is 1. The Morgan fingerprint density at radius 2 is 2.15 bits per heavy atom. The van der Waals surface area contributed by atoms with Gasteiger partial charge in [0.15, 0.2) is 0 Å². The number of aromatic amines is 1. The summed E-state index contributed by atoms with van der Waals surface area (Å²) in [5, 5.41) is 0. The molecule has 3 rings (SSSR count). The SMILES string of the molecule is C=CC(=O)N1CC(N(CCC)c2cc(-c3cc(CC)ncn3)c[nH]c2=O)C1. The van der Waals surface area contributed by atoms with E-state index >= 15 is 0 Å². The molecule has 1 aliphatic rings. The highest BCUT2D eigenvalue weighted by Gasteiger charge is 2.34. The third-order valence-corrected chi connectivity index (χ3v) is 4.83. The van der Waals surface area contributed by atoms with Gasteiger partial charge in [-0.15, -0.1) is 0 Å². The van der Waals surface area contributed by atoms with Crippen molar-refractivity contribution in [2.24, 2.45) is 0 Å². The van der Waals surface area contributed by atoms with E-state index in [2.05, 4.69) is 33.4 Å². The van der Waals surface area contributed by atoms with Gasteiger partial charge in [0.05, 0.1) is 11.7 Å². The highest BCUT2D eigenvalue weighted by molar-refractivity contribution is 5.87. The molecule has 2 aromatic heterocycles. The molecule has 27 heavy (non-hydrogen) atoms. The molecule has 0 saturated carbocycles. The second-order valence-electron chi connectivity index (χ2n) is 6.65. The molecule has 2 aromatic rings. The monoisotopic (exact) mass is 367 g/mol. The minimum Gasteiger partial charge on any atom is -0.361 e. The summed E-state index contributed by atoms with van der Waals surface area (Å²) in [6, 6.07) is 3.95. The Morgan fingerprint density at radius 1 is 1.37 bits per heavy atom. The van der Waals surface area contributed by atoms with Crippen molar-refractivity contribution in [3.05, 3.63) is 53.4 Å². The number of amides is 1. The molecule has 7 nitrogen and oxygen atoms in total. The molecule has 0 radical (unpaired) electrons. The zero-order valence-electron chi connectivity index (χ0n) is 15.8. The van der Waals surface area contributed by atoms with Crippen LogP contribution in [-0.2, 0) is 11.2 Å². The number of nitrogens with one attached hydrogen (secondary N) is 1. The average Bonchev–Trinajstić information content (AvgIpc) is 2.66. The smallest absolute Gasteiger partial charge is 0.271 e. The zero-order chi connectivity index (χ0) is 19.4. The first-order valence-corrected chi connectivity index (χ1v) is 9.29. The Bertz CT molecular complexity index is 886. The van der Waals surface area contributed by atoms with Gasteiger partial charge in [-0.1, -0.05) is 20.4 Å². The van der Waals surface area contributed by atoms with Crippen molar-refractivity contribution in [3.8, 4) is 11.3 Å². The average molecular weight is 367 g/mol. The van der Waals surface area contributed by atoms with Gasteiger partial charge in [-0.3, -0.25) is 9.59 Å². The number of aromatic nitrogens is 3. The molecule has 3 heterocycles. The quantitative estimate of drug-likeness (QED) is 0.757. The Morgan fingerprint density at radius 3 is 2.81 bits per heavy atom. The second kappa shape index (κ2) is 8.16. The second-order valence-corrected chi connectivity index (χ2v) is 6.65. The molecule has 0 atom stereocenters. The van der Waals surface area contributed by atoms with E-state index < -0.39 is 0 Å². The third-order valence-electron chi connectivity index (χ3n) is 4.83. The van der Waals surface area contributed by atoms with E-state index in [1.807, 2.05) is 19.1 Å². The van der Waals surface area contributed by atoms with Gasteiger partial charge in [0.25, 0.3) is 5.56 Å². The van der Waals surface area contributed by atoms with Crippen molar-refractivity contribution in [1.29, 1.82) is 0 Å². The van der Waals surface area contributed by atoms with Crippen molar-refractivity contribution in [2.75, 3.05) is 24.5 Å². The standard InChI is InChI=1S/C20H25N5O2/c1-4-7-25(16-11-24(12-16)19(26)6-3)18-8-14(10-21-20(18)27)17-9-15(5-2)22-13-23-17/h6,8-10,13,16H,3-5,7,11-12H2,1-2H3,(H,21,27). The highest BCUT2D eigenvalue weighted by atomic mass is 16.2. The summed E-state index contributed by atoms with van der Waals surface area (Å²) in [7, 11) is 0. The van der Waals surface area contributed by atoms with Gasteiger partial charge in [-0.05, 0) is 31.1 Å². The fourth-order valence-electron chi connectivity index (χ4n) is 3.28. The number of carbonyl (C=O) groups is 1. The number of likely N-dealkylation sites (tertiary alicyclic amines) is 1. The summed E-state index contributed by atoms with van der Waals surface area (Å²) in [5.74, 6) is -0.0709. The molecular formula is C20H25N5O2. The van der Waals surface area contributed by atoms with Crippen LogP contribution in [0.25, 0.3) is 11.3 Å². The number of carbonyl (C=O) groups excluding carboxylic acids is 1. The molecule has 0 bridgehead atoms. The lowest BCUT2D eigenvalue weighted by molar-refractivity contribution is -0.130. The first kappa shape index (κ1) is 18.8. The maximum Gasteiger partial charge on any atom is 0.271 e. The predicted molar refractivity (Wildman–Crippen MR) is 106 cm³/mol. The van der Waals surface area contributed by atoms with Crippen LogP contribution in [0.2, 0.25) is 0 Å². The van der Waals surface area contributed by atoms with Crippen molar-refractivity contribution in [2.45, 2.75) is 32.7 Å². The fraction of sp³-hybridized carbons (Fsp3) is 0.400. The van der Waals surface area contributed by atoms with Crippen LogP contribution in [0.4, 0.5) is 5.69 Å². The van der Waals surface area contributed by atoms with Crippen molar-refractivity contribution >= 4 is 11.6 Å². The van der Waals surface area contributed by atoms with Crippen LogP contribution in [0, 0.1) is 0 Å². The van der Waals surface area contributed by atoms with Crippen molar-refractivity contribution in [1.82, 2.24) is 19.9 Å². The predicted octanol–water partition coefficient (Wildman–Crippen LogP) is 2.01. The van der Waals surface area contributed by atoms with Crippen LogP contribution >= 0.6 is 0 Å². The first-order chi connectivity index (χ1) is 13.1. The number of hydrogen-bond acceptors (Lipinski definition) is 5. The van der Waals surface area contributed by atoms with Crippen LogP contribution in [0.3, 0.4) is 0 Å². The highest BCUT2D eigenvalue weighted by Crippen LogP contribution is 2.25. The lowest BCUT2D eigenvalue weighted by Crippen LogP contribution is -2.61. The molecule has 1 fully saturated rings. The fourth-order valence-corrected chi connectivity index (χ4v) is 3.28. The minimum absolute atomic E-state index is 0.0709. The summed E-state index contributed by atoms with van der Waals surface area (Å²) in [6.07, 6.45) is 6.29. The molecule has 1 amide bonds. The minimum atomic E-state index is -0.134. The zero-order valence-corrected chi connectivity index (χ0v) is 15.8. The Kier molecular flexibility index (Phi) is 5.69. The van der Waals surface area contributed by atoms with Crippen molar-refractivity contribution in [3.63, 3.8) is 0 Å². The van der Waals surface area contributed by atoms with Gasteiger partial charge in [-0.25, -0.2) is 9.97 Å². The Labute approximate surface area is 158 Å². The topological polar surface area (TPSA) is 82.2 Å². The van der Waals surface area contributed by atoms with Gasteiger partial charge in [0, 0.05) is 37.1 Å². The first-order valence-electron chi connectivity index (χ1n) is 9.29. The maximum absolute atomic E-state index is 12.5. The lowest BCUT2D eigenvalue weighted by Gasteiger charge is -2.45. The van der Waals surface area contributed by atoms with E-state index in [9.17, 15) is 9.59 Å². The summed E-state index contributed by atoms with van der Waals surface area (Å²) in [4.78, 5) is 39.5. The summed E-state index contributed by atoms with van der Waals surface area (Å²) in [5.41, 5.74) is 3.07. The van der Waals surface area contributed by atoms with E-state index in [0.29, 0.717) is 18.8 Å². The summed E-state index contributed by atoms with van der Waals surface area (Å²) >= 11 is 0. The number of H-pyrrole nitrogens is 1. The van der Waals surface area contributed by atoms with Crippen LogP contribution in [0.1, 0.15) is 26.0 Å². The van der Waals surface area contributed by atoms with Crippen LogP contribution in [0.5, 0.6) is 0 Å². The van der Waals surface area contributed by atoms with Gasteiger partial charge < -0.3 is 14.8 Å². The molecule has 0 unspecified atom stereocenters. The van der Waals surface area contributed by atoms with Gasteiger partial charge in [0.1, 0.15) is 12.0 Å². The molecule has 1 aliphatic heterocycles. The molecule has 0 spiro atoms. The molecule has 1 N–H and O–H groups in total. The molecule has 0 aliphatic carbocycles. The van der Waals surface area contributed by atoms with E-state index in [0.717, 1.165) is 36.3 Å². The molecule has 142 valence electrons. The number of pyridine rings is 1. The number of rotatable bonds is 7. The normalized spacial score (nSPS) is 13.9. The van der Waals surface area contributed by atoms with E-state index in [-0.39, 0.29) is 17.5 Å². The van der Waals surface area contributed by atoms with E-state index in [4.69, 9.17) is 0 Å². The molecule has 0 aromatic carbocycles. The van der Waals surface area contributed by atoms with Gasteiger partial charge in [0.2, 0.25) is 5.91 Å². The molecule has 7 heteroatoms. The maximum atomic E-state index is 12.5. The number of anilines is 1. The summed E-state index contributed by atoms with van der Waals surface area (Å²) in [6.45, 7) is 9.59. The summed E-state index contributed by atoms with van der Waals surface area (Å²) < 4.78 is 0. The van der Waals surface area contributed by atoms with E-state index in [1.54, 1.807) is 17.4 Å². The Balaban J connectivity index is 1.90. The van der Waals surface area contributed by atoms with Crippen molar-refractivity contribution < 1.29 is 4.79 Å². The van der Waals surface area contributed by atoms with Crippen LogP contribution < -0.4 is 10.5 Å². The largest absolute Gasteiger partial charge is 0.361 e. The molecule has 1 saturated heterocycles. The Hall–Kier alpha value is -2.96.